The zero-order valence-electron chi connectivity index (χ0n) is 13.3. The third kappa shape index (κ3) is 3.49. The van der Waals surface area contributed by atoms with Crippen molar-refractivity contribution in [3.63, 3.8) is 0 Å². The van der Waals surface area contributed by atoms with Gasteiger partial charge in [-0.2, -0.15) is 4.31 Å². The van der Waals surface area contributed by atoms with Crippen LogP contribution in [0.1, 0.15) is 18.4 Å². The van der Waals surface area contributed by atoms with Gasteiger partial charge < -0.3 is 9.84 Å². The van der Waals surface area contributed by atoms with Gasteiger partial charge in [0.05, 0.1) is 4.90 Å². The molecule has 1 aliphatic rings. The first kappa shape index (κ1) is 16.7. The van der Waals surface area contributed by atoms with Gasteiger partial charge in [-0.05, 0) is 31.9 Å². The number of piperidine rings is 1. The Kier molecular flexibility index (Phi) is 4.68. The Labute approximate surface area is 140 Å². The lowest BCUT2D eigenvalue weighted by Gasteiger charge is -2.30. The number of benzene rings is 1. The van der Waals surface area contributed by atoms with Crippen molar-refractivity contribution in [1.29, 1.82) is 0 Å². The second-order valence-electron chi connectivity index (χ2n) is 5.87. The van der Waals surface area contributed by atoms with Crippen LogP contribution in [0.3, 0.4) is 0 Å². The van der Waals surface area contributed by atoms with Crippen molar-refractivity contribution in [3.05, 3.63) is 42.2 Å². The number of nitrogens with zero attached hydrogens (tertiary/aromatic N) is 2. The molecule has 3 rings (SSSR count). The van der Waals surface area contributed by atoms with E-state index in [2.05, 4.69) is 15.0 Å². The van der Waals surface area contributed by atoms with Gasteiger partial charge in [0, 0.05) is 25.1 Å². The summed E-state index contributed by atoms with van der Waals surface area (Å²) < 4.78 is 31.4. The molecule has 0 bridgehead atoms. The lowest BCUT2D eigenvalue weighted by molar-refractivity contribution is -0.120. The Morgan fingerprint density at radius 3 is 2.46 bits per heavy atom. The second kappa shape index (κ2) is 6.74. The Morgan fingerprint density at radius 1 is 1.21 bits per heavy atom. The van der Waals surface area contributed by atoms with Gasteiger partial charge in [-0.1, -0.05) is 22.9 Å². The van der Waals surface area contributed by atoms with Crippen LogP contribution >= 0.6 is 0 Å². The summed E-state index contributed by atoms with van der Waals surface area (Å²) in [4.78, 5) is 12.5. The fourth-order valence-corrected chi connectivity index (χ4v) is 4.19. The molecule has 1 N–H and O–H groups in total. The van der Waals surface area contributed by atoms with E-state index < -0.39 is 10.0 Å². The van der Waals surface area contributed by atoms with E-state index in [1.807, 2.05) is 6.92 Å². The fourth-order valence-electron chi connectivity index (χ4n) is 2.72. The van der Waals surface area contributed by atoms with Crippen molar-refractivity contribution in [2.45, 2.75) is 24.7 Å². The maximum absolute atomic E-state index is 12.6. The predicted octanol–water partition coefficient (Wildman–Crippen LogP) is 2.02. The molecule has 2 aromatic rings. The molecule has 0 saturated carbocycles. The molecule has 1 aromatic heterocycles. The lowest BCUT2D eigenvalue weighted by Crippen LogP contribution is -2.41. The van der Waals surface area contributed by atoms with E-state index in [4.69, 9.17) is 0 Å². The number of aryl methyl sites for hydroxylation is 1. The van der Waals surface area contributed by atoms with Crippen molar-refractivity contribution in [1.82, 2.24) is 9.46 Å². The molecule has 0 unspecified atom stereocenters. The Balaban J connectivity index is 1.62. The first-order valence-corrected chi connectivity index (χ1v) is 9.19. The molecule has 1 fully saturated rings. The summed E-state index contributed by atoms with van der Waals surface area (Å²) >= 11 is 0. The maximum atomic E-state index is 12.6. The number of amides is 1. The zero-order valence-corrected chi connectivity index (χ0v) is 14.1. The minimum atomic E-state index is -3.50. The minimum Gasteiger partial charge on any atom is -0.363 e. The molecule has 1 amide bonds. The number of sulfonamides is 1. The molecule has 0 spiro atoms. The topological polar surface area (TPSA) is 92.5 Å². The van der Waals surface area contributed by atoms with Gasteiger partial charge in [0.15, 0.2) is 5.82 Å². The van der Waals surface area contributed by atoms with Gasteiger partial charge >= 0.3 is 0 Å². The average Bonchev–Trinajstić information content (AvgIpc) is 3.08. The van der Waals surface area contributed by atoms with Crippen LogP contribution in [0.5, 0.6) is 0 Å². The normalized spacial score (nSPS) is 16.9. The zero-order chi connectivity index (χ0) is 17.2. The quantitative estimate of drug-likeness (QED) is 0.911. The van der Waals surface area contributed by atoms with Crippen LogP contribution in [0.15, 0.2) is 46.0 Å². The van der Waals surface area contributed by atoms with Gasteiger partial charge in [0.2, 0.25) is 15.9 Å². The van der Waals surface area contributed by atoms with Crippen LogP contribution in [0.2, 0.25) is 0 Å². The second-order valence-corrected chi connectivity index (χ2v) is 7.80. The Morgan fingerprint density at radius 2 is 1.88 bits per heavy atom. The molecule has 8 heteroatoms. The average molecular weight is 349 g/mol. The standard InChI is InChI=1S/C16H19N3O4S/c1-12-2-4-14(5-3-12)24(21,22)19-9-6-13(7-10-19)16(20)17-15-8-11-23-18-15/h2-5,8,11,13H,6-7,9-10H2,1H3,(H,17,18,20). The monoisotopic (exact) mass is 349 g/mol. The molecule has 2 heterocycles. The van der Waals surface area contributed by atoms with Crippen molar-refractivity contribution >= 4 is 21.7 Å². The molecule has 0 aliphatic carbocycles. The van der Waals surface area contributed by atoms with E-state index in [9.17, 15) is 13.2 Å². The molecule has 24 heavy (non-hydrogen) atoms. The summed E-state index contributed by atoms with van der Waals surface area (Å²) in [5.41, 5.74) is 1.01. The van der Waals surface area contributed by atoms with E-state index >= 15 is 0 Å². The maximum Gasteiger partial charge on any atom is 0.243 e. The van der Waals surface area contributed by atoms with E-state index in [1.54, 1.807) is 30.3 Å². The smallest absolute Gasteiger partial charge is 0.243 e. The van der Waals surface area contributed by atoms with Crippen LogP contribution in [0.4, 0.5) is 5.82 Å². The summed E-state index contributed by atoms with van der Waals surface area (Å²) in [6.45, 7) is 2.57. The fraction of sp³-hybridized carbons (Fsp3) is 0.375. The minimum absolute atomic E-state index is 0.156. The molecule has 1 aliphatic heterocycles. The molecular weight excluding hydrogens is 330 g/mol. The molecular formula is C16H19N3O4S. The molecule has 1 saturated heterocycles. The van der Waals surface area contributed by atoms with Gasteiger partial charge in [-0.25, -0.2) is 8.42 Å². The summed E-state index contributed by atoms with van der Waals surface area (Å²) in [5, 5.41) is 6.31. The summed E-state index contributed by atoms with van der Waals surface area (Å²) in [7, 11) is -3.50. The van der Waals surface area contributed by atoms with Crippen LogP contribution in [0.25, 0.3) is 0 Å². The number of hydrogen-bond donors (Lipinski definition) is 1. The van der Waals surface area contributed by atoms with E-state index in [-0.39, 0.29) is 11.8 Å². The van der Waals surface area contributed by atoms with Gasteiger partial charge in [-0.15, -0.1) is 0 Å². The number of anilines is 1. The highest BCUT2D eigenvalue weighted by molar-refractivity contribution is 7.89. The first-order valence-electron chi connectivity index (χ1n) is 7.75. The summed E-state index contributed by atoms with van der Waals surface area (Å²) in [5.74, 6) is -0.0165. The third-order valence-corrected chi connectivity index (χ3v) is 6.09. The Bertz CT molecular complexity index is 792. The number of carbonyl (C=O) groups is 1. The molecule has 128 valence electrons. The SMILES string of the molecule is Cc1ccc(S(=O)(=O)N2CCC(C(=O)Nc3ccon3)CC2)cc1. The van der Waals surface area contributed by atoms with Crippen molar-refractivity contribution < 1.29 is 17.7 Å². The number of aromatic nitrogens is 1. The highest BCUT2D eigenvalue weighted by atomic mass is 32.2. The van der Waals surface area contributed by atoms with E-state index in [0.29, 0.717) is 36.6 Å². The summed E-state index contributed by atoms with van der Waals surface area (Å²) in [6.07, 6.45) is 2.34. The van der Waals surface area contributed by atoms with Gasteiger partial charge in [0.1, 0.15) is 6.26 Å². The number of nitrogens with one attached hydrogen (secondary N) is 1. The number of carbonyl (C=O) groups excluding carboxylic acids is 1. The largest absolute Gasteiger partial charge is 0.363 e. The van der Waals surface area contributed by atoms with Crippen molar-refractivity contribution in [2.75, 3.05) is 18.4 Å². The lowest BCUT2D eigenvalue weighted by atomic mass is 9.97. The van der Waals surface area contributed by atoms with Crippen LogP contribution < -0.4 is 5.32 Å². The van der Waals surface area contributed by atoms with Gasteiger partial charge in [-0.3, -0.25) is 4.79 Å². The van der Waals surface area contributed by atoms with Crippen LogP contribution in [0, 0.1) is 12.8 Å². The molecule has 1 aromatic carbocycles. The van der Waals surface area contributed by atoms with Gasteiger partial charge in [0.25, 0.3) is 0 Å². The molecule has 0 radical (unpaired) electrons. The Hall–Kier alpha value is -2.19. The van der Waals surface area contributed by atoms with Crippen LogP contribution in [-0.2, 0) is 14.8 Å². The highest BCUT2D eigenvalue weighted by Crippen LogP contribution is 2.24. The van der Waals surface area contributed by atoms with Crippen molar-refractivity contribution in [2.24, 2.45) is 5.92 Å². The molecule has 7 nitrogen and oxygen atoms in total. The highest BCUT2D eigenvalue weighted by Gasteiger charge is 2.32. The van der Waals surface area contributed by atoms with E-state index in [1.165, 1.54) is 10.6 Å². The predicted molar refractivity (Wildman–Crippen MR) is 87.8 cm³/mol. The molecule has 0 atom stereocenters. The third-order valence-electron chi connectivity index (χ3n) is 4.17. The van der Waals surface area contributed by atoms with E-state index in [0.717, 1.165) is 5.56 Å². The summed E-state index contributed by atoms with van der Waals surface area (Å²) in [6, 6.07) is 8.37. The van der Waals surface area contributed by atoms with Crippen molar-refractivity contribution in [3.8, 4) is 0 Å². The number of rotatable bonds is 4. The van der Waals surface area contributed by atoms with Crippen LogP contribution in [-0.4, -0.2) is 36.9 Å². The number of hydrogen-bond acceptors (Lipinski definition) is 5. The first-order chi connectivity index (χ1) is 11.5.